The number of carboxylic acid groups (broad SMARTS) is 1. The Hall–Kier alpha value is -1.06. The van der Waals surface area contributed by atoms with E-state index in [0.29, 0.717) is 12.8 Å². The van der Waals surface area contributed by atoms with E-state index in [1.54, 1.807) is 0 Å². The van der Waals surface area contributed by atoms with Crippen molar-refractivity contribution >= 4 is 11.9 Å². The molecule has 0 heterocycles. The molecule has 2 saturated carbocycles. The highest BCUT2D eigenvalue weighted by Gasteiger charge is 2.57. The van der Waals surface area contributed by atoms with E-state index in [0.717, 1.165) is 25.7 Å². The third kappa shape index (κ3) is 1.98. The molecule has 84 valence electrons. The summed E-state index contributed by atoms with van der Waals surface area (Å²) in [6.07, 6.45) is 6.52. The molecular formula is C11H17NO3. The number of carbonyl (C=O) groups is 2. The molecule has 0 atom stereocenters. The van der Waals surface area contributed by atoms with Crippen LogP contribution in [0.1, 0.15) is 44.9 Å². The van der Waals surface area contributed by atoms with Crippen LogP contribution < -0.4 is 5.32 Å². The summed E-state index contributed by atoms with van der Waals surface area (Å²) < 4.78 is 0. The van der Waals surface area contributed by atoms with Crippen LogP contribution in [0.5, 0.6) is 0 Å². The van der Waals surface area contributed by atoms with E-state index >= 15 is 0 Å². The number of rotatable bonds is 3. The van der Waals surface area contributed by atoms with Gasteiger partial charge in [0.25, 0.3) is 0 Å². The summed E-state index contributed by atoms with van der Waals surface area (Å²) in [5.41, 5.74) is -1.07. The van der Waals surface area contributed by atoms with E-state index in [4.69, 9.17) is 5.11 Å². The van der Waals surface area contributed by atoms with Crippen molar-refractivity contribution in [2.75, 3.05) is 0 Å². The summed E-state index contributed by atoms with van der Waals surface area (Å²) in [4.78, 5) is 22.7. The van der Waals surface area contributed by atoms with Gasteiger partial charge in [0, 0.05) is 6.04 Å². The SMILES string of the molecule is O=C(O)C1(C(=O)NC2CCCCC2)CC1. The molecule has 0 bridgehead atoms. The first-order valence-corrected chi connectivity index (χ1v) is 5.69. The number of nitrogens with one attached hydrogen (secondary N) is 1. The van der Waals surface area contributed by atoms with E-state index in [-0.39, 0.29) is 11.9 Å². The molecule has 0 saturated heterocycles. The smallest absolute Gasteiger partial charge is 0.319 e. The monoisotopic (exact) mass is 211 g/mol. The highest BCUT2D eigenvalue weighted by atomic mass is 16.4. The molecule has 0 aromatic carbocycles. The van der Waals surface area contributed by atoms with Crippen LogP contribution in [0.4, 0.5) is 0 Å². The summed E-state index contributed by atoms with van der Waals surface area (Å²) in [5.74, 6) is -1.22. The molecule has 4 nitrogen and oxygen atoms in total. The van der Waals surface area contributed by atoms with Gasteiger partial charge in [0.1, 0.15) is 5.41 Å². The molecule has 0 aliphatic heterocycles. The Morgan fingerprint density at radius 3 is 2.20 bits per heavy atom. The summed E-state index contributed by atoms with van der Waals surface area (Å²) in [6, 6.07) is 0.211. The lowest BCUT2D eigenvalue weighted by Gasteiger charge is -2.24. The van der Waals surface area contributed by atoms with E-state index in [1.807, 2.05) is 0 Å². The summed E-state index contributed by atoms with van der Waals surface area (Å²) >= 11 is 0. The van der Waals surface area contributed by atoms with Crippen LogP contribution in [0.15, 0.2) is 0 Å². The van der Waals surface area contributed by atoms with Crippen molar-refractivity contribution in [3.05, 3.63) is 0 Å². The average Bonchev–Trinajstić information content (AvgIpc) is 2.99. The average molecular weight is 211 g/mol. The van der Waals surface area contributed by atoms with E-state index in [1.165, 1.54) is 6.42 Å². The normalized spacial score (nSPS) is 24.5. The summed E-state index contributed by atoms with van der Waals surface area (Å²) in [5, 5.41) is 11.8. The quantitative estimate of drug-likeness (QED) is 0.691. The number of carbonyl (C=O) groups excluding carboxylic acids is 1. The van der Waals surface area contributed by atoms with Gasteiger partial charge < -0.3 is 10.4 Å². The Kier molecular flexibility index (Phi) is 2.67. The number of carboxylic acids is 1. The Bertz CT molecular complexity index is 278. The lowest BCUT2D eigenvalue weighted by Crippen LogP contribution is -2.43. The first-order chi connectivity index (χ1) is 7.15. The van der Waals surface area contributed by atoms with E-state index in [9.17, 15) is 9.59 Å². The fraction of sp³-hybridized carbons (Fsp3) is 0.818. The van der Waals surface area contributed by atoms with Gasteiger partial charge in [-0.2, -0.15) is 0 Å². The van der Waals surface area contributed by atoms with Gasteiger partial charge in [-0.1, -0.05) is 19.3 Å². The van der Waals surface area contributed by atoms with E-state index in [2.05, 4.69) is 5.32 Å². The highest BCUT2D eigenvalue weighted by molar-refractivity contribution is 6.04. The van der Waals surface area contributed by atoms with Gasteiger partial charge in [-0.25, -0.2) is 0 Å². The number of hydrogen-bond donors (Lipinski definition) is 2. The van der Waals surface area contributed by atoms with Gasteiger partial charge in [-0.15, -0.1) is 0 Å². The van der Waals surface area contributed by atoms with E-state index < -0.39 is 11.4 Å². The topological polar surface area (TPSA) is 66.4 Å². The van der Waals surface area contributed by atoms with Gasteiger partial charge in [0.15, 0.2) is 0 Å². The van der Waals surface area contributed by atoms with Gasteiger partial charge >= 0.3 is 5.97 Å². The summed E-state index contributed by atoms with van der Waals surface area (Å²) in [7, 11) is 0. The van der Waals surface area contributed by atoms with Crippen molar-refractivity contribution in [3.63, 3.8) is 0 Å². The van der Waals surface area contributed by atoms with Crippen molar-refractivity contribution in [1.82, 2.24) is 5.32 Å². The maximum absolute atomic E-state index is 11.7. The first-order valence-electron chi connectivity index (χ1n) is 5.69. The van der Waals surface area contributed by atoms with Gasteiger partial charge in [-0.05, 0) is 25.7 Å². The lowest BCUT2D eigenvalue weighted by atomic mass is 9.94. The molecule has 0 spiro atoms. The van der Waals surface area contributed by atoms with Gasteiger partial charge in [0.05, 0.1) is 0 Å². The predicted molar refractivity (Wildman–Crippen MR) is 54.3 cm³/mol. The second-order valence-corrected chi connectivity index (χ2v) is 4.70. The molecule has 1 amide bonds. The van der Waals surface area contributed by atoms with Crippen molar-refractivity contribution in [1.29, 1.82) is 0 Å². The fourth-order valence-corrected chi connectivity index (χ4v) is 2.23. The van der Waals surface area contributed by atoms with Crippen LogP contribution in [0.3, 0.4) is 0 Å². The van der Waals surface area contributed by atoms with Crippen molar-refractivity contribution in [2.24, 2.45) is 5.41 Å². The van der Waals surface area contributed by atoms with Crippen LogP contribution in [0, 0.1) is 5.41 Å². The predicted octanol–water partition coefficient (Wildman–Crippen LogP) is 1.30. The minimum absolute atomic E-state index is 0.211. The largest absolute Gasteiger partial charge is 0.480 e. The molecule has 2 rings (SSSR count). The van der Waals surface area contributed by atoms with Crippen molar-refractivity contribution in [3.8, 4) is 0 Å². The molecule has 2 N–H and O–H groups in total. The Labute approximate surface area is 89.0 Å². The second-order valence-electron chi connectivity index (χ2n) is 4.70. The van der Waals surface area contributed by atoms with Crippen LogP contribution in [-0.2, 0) is 9.59 Å². The maximum Gasteiger partial charge on any atom is 0.319 e. The van der Waals surface area contributed by atoms with Crippen LogP contribution in [-0.4, -0.2) is 23.0 Å². The third-order valence-corrected chi connectivity index (χ3v) is 3.53. The van der Waals surface area contributed by atoms with Crippen LogP contribution >= 0.6 is 0 Å². The summed E-state index contributed by atoms with van der Waals surface area (Å²) in [6.45, 7) is 0. The molecule has 2 aliphatic rings. The zero-order chi connectivity index (χ0) is 10.9. The van der Waals surface area contributed by atoms with Crippen molar-refractivity contribution < 1.29 is 14.7 Å². The molecule has 0 aromatic rings. The first kappa shape index (κ1) is 10.5. The highest BCUT2D eigenvalue weighted by Crippen LogP contribution is 2.46. The zero-order valence-corrected chi connectivity index (χ0v) is 8.79. The van der Waals surface area contributed by atoms with Crippen molar-refractivity contribution in [2.45, 2.75) is 51.0 Å². The molecule has 15 heavy (non-hydrogen) atoms. The number of amides is 1. The Morgan fingerprint density at radius 2 is 1.73 bits per heavy atom. The van der Waals surface area contributed by atoms with Crippen LogP contribution in [0.25, 0.3) is 0 Å². The molecule has 2 aliphatic carbocycles. The van der Waals surface area contributed by atoms with Gasteiger partial charge in [0.2, 0.25) is 5.91 Å². The fourth-order valence-electron chi connectivity index (χ4n) is 2.23. The zero-order valence-electron chi connectivity index (χ0n) is 8.79. The molecule has 0 unspecified atom stereocenters. The Morgan fingerprint density at radius 1 is 1.13 bits per heavy atom. The number of aliphatic carboxylic acids is 1. The third-order valence-electron chi connectivity index (χ3n) is 3.53. The molecular weight excluding hydrogens is 194 g/mol. The molecule has 2 fully saturated rings. The lowest BCUT2D eigenvalue weighted by molar-refractivity contribution is -0.149. The number of hydrogen-bond acceptors (Lipinski definition) is 2. The minimum atomic E-state index is -1.07. The molecule has 4 heteroatoms. The second kappa shape index (κ2) is 3.83. The molecule has 0 aromatic heterocycles. The Balaban J connectivity index is 1.89. The minimum Gasteiger partial charge on any atom is -0.480 e. The molecule has 0 radical (unpaired) electrons. The maximum atomic E-state index is 11.7. The standard InChI is InChI=1S/C11H17NO3/c13-9(11(6-7-11)10(14)15)12-8-4-2-1-3-5-8/h8H,1-7H2,(H,12,13)(H,14,15). The van der Waals surface area contributed by atoms with Crippen LogP contribution in [0.2, 0.25) is 0 Å². The van der Waals surface area contributed by atoms with Gasteiger partial charge in [-0.3, -0.25) is 9.59 Å².